The first-order valence-electron chi connectivity index (χ1n) is 8.32. The molecule has 3 rings (SSSR count). The fourth-order valence-corrected chi connectivity index (χ4v) is 4.19. The Hall–Kier alpha value is -0.900. The lowest BCUT2D eigenvalue weighted by Gasteiger charge is -2.46. The molecule has 0 amide bonds. The fraction of sp³-hybridized carbons (Fsp3) is 0.667. The van der Waals surface area contributed by atoms with Crippen molar-refractivity contribution in [2.24, 2.45) is 5.73 Å². The van der Waals surface area contributed by atoms with Gasteiger partial charge >= 0.3 is 0 Å². The molecule has 1 heterocycles. The van der Waals surface area contributed by atoms with Crippen molar-refractivity contribution < 1.29 is 0 Å². The summed E-state index contributed by atoms with van der Waals surface area (Å²) >= 11 is 0. The van der Waals surface area contributed by atoms with E-state index in [4.69, 9.17) is 5.73 Å². The van der Waals surface area contributed by atoms with Crippen LogP contribution in [0, 0.1) is 0 Å². The number of hydrogen-bond acceptors (Lipinski definition) is 3. The van der Waals surface area contributed by atoms with Crippen molar-refractivity contribution in [3.63, 3.8) is 0 Å². The maximum absolute atomic E-state index is 6.65. The largest absolute Gasteiger partial charge is 0.323 e. The van der Waals surface area contributed by atoms with E-state index in [1.54, 1.807) is 0 Å². The van der Waals surface area contributed by atoms with Gasteiger partial charge < -0.3 is 10.6 Å². The Labute approximate surface area is 129 Å². The molecule has 1 aliphatic carbocycles. The van der Waals surface area contributed by atoms with Crippen LogP contribution in [0.15, 0.2) is 24.3 Å². The number of benzene rings is 1. The van der Waals surface area contributed by atoms with Crippen molar-refractivity contribution in [1.82, 2.24) is 9.80 Å². The Kier molecular flexibility index (Phi) is 4.34. The van der Waals surface area contributed by atoms with Gasteiger partial charge in [0.05, 0.1) is 0 Å². The van der Waals surface area contributed by atoms with Crippen LogP contribution in [-0.2, 0) is 0 Å². The van der Waals surface area contributed by atoms with E-state index in [1.165, 1.54) is 43.5 Å². The van der Waals surface area contributed by atoms with E-state index in [0.717, 1.165) is 0 Å². The molecule has 4 atom stereocenters. The highest BCUT2D eigenvalue weighted by Crippen LogP contribution is 2.39. The van der Waals surface area contributed by atoms with Crippen LogP contribution < -0.4 is 5.73 Å². The molecule has 1 saturated heterocycles. The standard InChI is InChI=1S/C18H29N3/c1-13-11-17(18(19)16-9-5-4-8-15(13)16)21-10-6-7-14(12-21)20(2)3/h4-5,8-9,13-14,17-18H,6-7,10-12,19H2,1-3H3. The third kappa shape index (κ3) is 2.87. The van der Waals surface area contributed by atoms with E-state index in [2.05, 4.69) is 55.1 Å². The van der Waals surface area contributed by atoms with E-state index in [0.29, 0.717) is 18.0 Å². The van der Waals surface area contributed by atoms with Crippen molar-refractivity contribution in [3.05, 3.63) is 35.4 Å². The van der Waals surface area contributed by atoms with Crippen LogP contribution in [0.5, 0.6) is 0 Å². The maximum Gasteiger partial charge on any atom is 0.0456 e. The first-order valence-corrected chi connectivity index (χ1v) is 8.32. The molecular formula is C18H29N3. The normalized spacial score (nSPS) is 34.0. The van der Waals surface area contributed by atoms with Crippen molar-refractivity contribution in [1.29, 1.82) is 0 Å². The van der Waals surface area contributed by atoms with E-state index >= 15 is 0 Å². The van der Waals surface area contributed by atoms with Crippen LogP contribution >= 0.6 is 0 Å². The zero-order valence-corrected chi connectivity index (χ0v) is 13.6. The van der Waals surface area contributed by atoms with Crippen molar-refractivity contribution >= 4 is 0 Å². The summed E-state index contributed by atoms with van der Waals surface area (Å²) in [6.07, 6.45) is 3.80. The summed E-state index contributed by atoms with van der Waals surface area (Å²) in [5, 5.41) is 0. The zero-order valence-electron chi connectivity index (χ0n) is 13.6. The number of nitrogens with two attached hydrogens (primary N) is 1. The van der Waals surface area contributed by atoms with Gasteiger partial charge in [0.1, 0.15) is 0 Å². The van der Waals surface area contributed by atoms with E-state index in [-0.39, 0.29) is 6.04 Å². The Balaban J connectivity index is 1.80. The molecule has 1 fully saturated rings. The maximum atomic E-state index is 6.65. The summed E-state index contributed by atoms with van der Waals surface area (Å²) in [5.41, 5.74) is 9.48. The number of fused-ring (bicyclic) bond motifs is 1. The van der Waals surface area contributed by atoms with Gasteiger partial charge in [-0.3, -0.25) is 4.90 Å². The molecule has 1 aliphatic heterocycles. The molecule has 1 aromatic rings. The molecule has 1 aromatic carbocycles. The van der Waals surface area contributed by atoms with Gasteiger partial charge in [-0.1, -0.05) is 31.2 Å². The van der Waals surface area contributed by atoms with Crippen molar-refractivity contribution in [3.8, 4) is 0 Å². The molecule has 0 aromatic heterocycles. The lowest BCUT2D eigenvalue weighted by atomic mass is 9.77. The van der Waals surface area contributed by atoms with E-state index in [1.807, 2.05) is 0 Å². The average molecular weight is 287 g/mol. The van der Waals surface area contributed by atoms with E-state index in [9.17, 15) is 0 Å². The average Bonchev–Trinajstić information content (AvgIpc) is 2.51. The minimum atomic E-state index is 0.165. The topological polar surface area (TPSA) is 32.5 Å². The molecule has 3 heteroatoms. The summed E-state index contributed by atoms with van der Waals surface area (Å²) in [6, 6.07) is 10.1. The molecule has 21 heavy (non-hydrogen) atoms. The Bertz CT molecular complexity index is 485. The molecule has 0 bridgehead atoms. The minimum Gasteiger partial charge on any atom is -0.323 e. The first kappa shape index (κ1) is 15.0. The molecular weight excluding hydrogens is 258 g/mol. The Morgan fingerprint density at radius 1 is 1.19 bits per heavy atom. The first-order chi connectivity index (χ1) is 10.1. The molecule has 3 nitrogen and oxygen atoms in total. The Morgan fingerprint density at radius 2 is 1.90 bits per heavy atom. The second-order valence-electron chi connectivity index (χ2n) is 7.11. The highest BCUT2D eigenvalue weighted by Gasteiger charge is 2.36. The number of likely N-dealkylation sites (tertiary alicyclic amines) is 1. The van der Waals surface area contributed by atoms with Gasteiger partial charge in [0, 0.05) is 24.7 Å². The minimum absolute atomic E-state index is 0.165. The molecule has 116 valence electrons. The number of likely N-dealkylation sites (N-methyl/N-ethyl adjacent to an activating group) is 1. The lowest BCUT2D eigenvalue weighted by molar-refractivity contribution is 0.0733. The predicted octanol–water partition coefficient (Wildman–Crippen LogP) is 2.59. The number of piperidine rings is 1. The van der Waals surface area contributed by atoms with E-state index < -0.39 is 0 Å². The molecule has 0 saturated carbocycles. The quantitative estimate of drug-likeness (QED) is 0.907. The summed E-state index contributed by atoms with van der Waals surface area (Å²) in [7, 11) is 4.40. The molecule has 4 unspecified atom stereocenters. The van der Waals surface area contributed by atoms with Crippen molar-refractivity contribution in [2.75, 3.05) is 27.2 Å². The number of hydrogen-bond donors (Lipinski definition) is 1. The van der Waals surface area contributed by atoms with Crippen LogP contribution in [0.2, 0.25) is 0 Å². The molecule has 0 spiro atoms. The number of nitrogens with zero attached hydrogens (tertiary/aromatic N) is 2. The van der Waals surface area contributed by atoms with Crippen LogP contribution in [0.1, 0.15) is 49.3 Å². The zero-order chi connectivity index (χ0) is 15.0. The van der Waals surface area contributed by atoms with Crippen LogP contribution in [-0.4, -0.2) is 49.1 Å². The fourth-order valence-electron chi connectivity index (χ4n) is 4.19. The van der Waals surface area contributed by atoms with Crippen LogP contribution in [0.3, 0.4) is 0 Å². The van der Waals surface area contributed by atoms with Crippen molar-refractivity contribution in [2.45, 2.75) is 50.2 Å². The van der Waals surface area contributed by atoms with Gasteiger partial charge in [-0.25, -0.2) is 0 Å². The molecule has 0 radical (unpaired) electrons. The van der Waals surface area contributed by atoms with Gasteiger partial charge in [0.15, 0.2) is 0 Å². The molecule has 2 N–H and O–H groups in total. The lowest BCUT2D eigenvalue weighted by Crippen LogP contribution is -2.53. The summed E-state index contributed by atoms with van der Waals surface area (Å²) in [5.74, 6) is 0.616. The SMILES string of the molecule is CC1CC(N2CCCC(N(C)C)C2)C(N)c2ccccc21. The van der Waals surface area contributed by atoms with Gasteiger partial charge in [-0.05, 0) is 56.9 Å². The third-order valence-electron chi connectivity index (χ3n) is 5.52. The number of rotatable bonds is 2. The summed E-state index contributed by atoms with van der Waals surface area (Å²) in [6.45, 7) is 4.73. The molecule has 2 aliphatic rings. The highest BCUT2D eigenvalue weighted by atomic mass is 15.2. The second-order valence-corrected chi connectivity index (χ2v) is 7.11. The second kappa shape index (κ2) is 6.07. The van der Waals surface area contributed by atoms with Crippen LogP contribution in [0.25, 0.3) is 0 Å². The third-order valence-corrected chi connectivity index (χ3v) is 5.52. The summed E-state index contributed by atoms with van der Waals surface area (Å²) in [4.78, 5) is 5.03. The van der Waals surface area contributed by atoms with Crippen LogP contribution in [0.4, 0.5) is 0 Å². The Morgan fingerprint density at radius 3 is 2.62 bits per heavy atom. The monoisotopic (exact) mass is 287 g/mol. The van der Waals surface area contributed by atoms with Gasteiger partial charge in [-0.15, -0.1) is 0 Å². The summed E-state index contributed by atoms with van der Waals surface area (Å²) < 4.78 is 0. The van der Waals surface area contributed by atoms with Gasteiger partial charge in [-0.2, -0.15) is 0 Å². The predicted molar refractivity (Wildman–Crippen MR) is 88.5 cm³/mol. The smallest absolute Gasteiger partial charge is 0.0456 e. The van der Waals surface area contributed by atoms with Gasteiger partial charge in [0.2, 0.25) is 0 Å². The van der Waals surface area contributed by atoms with Gasteiger partial charge in [0.25, 0.3) is 0 Å². The highest BCUT2D eigenvalue weighted by molar-refractivity contribution is 5.36.